The maximum absolute atomic E-state index is 4.42. The molecule has 0 N–H and O–H groups in total. The molecule has 78 valence electrons. The van der Waals surface area contributed by atoms with Crippen LogP contribution >= 0.6 is 11.3 Å². The van der Waals surface area contributed by atoms with Gasteiger partial charge in [-0.1, -0.05) is 13.8 Å². The minimum absolute atomic E-state index is 0.972. The number of aryl methyl sites for hydroxylation is 2. The Morgan fingerprint density at radius 3 is 2.73 bits per heavy atom. The molecule has 0 aliphatic carbocycles. The SMILES string of the molecule is CCc1cc(-c2ncc(CC)s2)ccn1. The van der Waals surface area contributed by atoms with Crippen LogP contribution in [0.3, 0.4) is 0 Å². The van der Waals surface area contributed by atoms with Crippen molar-refractivity contribution in [2.75, 3.05) is 0 Å². The molecule has 0 aromatic carbocycles. The first-order valence-corrected chi connectivity index (χ1v) is 6.05. The molecule has 0 fully saturated rings. The number of hydrogen-bond donors (Lipinski definition) is 0. The molecule has 2 heterocycles. The minimum atomic E-state index is 0.972. The number of hydrogen-bond acceptors (Lipinski definition) is 3. The fraction of sp³-hybridized carbons (Fsp3) is 0.333. The van der Waals surface area contributed by atoms with Crippen molar-refractivity contribution in [1.29, 1.82) is 0 Å². The van der Waals surface area contributed by atoms with E-state index in [1.54, 1.807) is 11.3 Å². The average molecular weight is 218 g/mol. The Hall–Kier alpha value is -1.22. The van der Waals surface area contributed by atoms with E-state index in [-0.39, 0.29) is 0 Å². The fourth-order valence-corrected chi connectivity index (χ4v) is 2.26. The third kappa shape index (κ3) is 2.23. The molecule has 2 aromatic heterocycles. The Labute approximate surface area is 94.0 Å². The van der Waals surface area contributed by atoms with Crippen LogP contribution in [-0.4, -0.2) is 9.97 Å². The van der Waals surface area contributed by atoms with E-state index in [0.29, 0.717) is 0 Å². The zero-order chi connectivity index (χ0) is 10.7. The fourth-order valence-electron chi connectivity index (χ4n) is 1.41. The van der Waals surface area contributed by atoms with Gasteiger partial charge in [-0.05, 0) is 25.0 Å². The number of pyridine rings is 1. The Kier molecular flexibility index (Phi) is 3.11. The van der Waals surface area contributed by atoms with Crippen LogP contribution in [0.5, 0.6) is 0 Å². The van der Waals surface area contributed by atoms with Crippen molar-refractivity contribution < 1.29 is 0 Å². The van der Waals surface area contributed by atoms with E-state index in [9.17, 15) is 0 Å². The van der Waals surface area contributed by atoms with E-state index < -0.39 is 0 Å². The van der Waals surface area contributed by atoms with Crippen molar-refractivity contribution in [3.8, 4) is 10.6 Å². The summed E-state index contributed by atoms with van der Waals surface area (Å²) in [5.41, 5.74) is 2.31. The Bertz CT molecular complexity index is 448. The zero-order valence-corrected chi connectivity index (χ0v) is 9.84. The molecule has 0 amide bonds. The lowest BCUT2D eigenvalue weighted by Crippen LogP contribution is -1.86. The molecule has 0 aliphatic heterocycles. The van der Waals surface area contributed by atoms with Crippen LogP contribution in [0.1, 0.15) is 24.4 Å². The van der Waals surface area contributed by atoms with Crippen LogP contribution in [0.4, 0.5) is 0 Å². The van der Waals surface area contributed by atoms with E-state index >= 15 is 0 Å². The smallest absolute Gasteiger partial charge is 0.123 e. The van der Waals surface area contributed by atoms with Gasteiger partial charge in [0.1, 0.15) is 5.01 Å². The van der Waals surface area contributed by atoms with E-state index in [1.807, 2.05) is 18.5 Å². The molecule has 0 bridgehead atoms. The van der Waals surface area contributed by atoms with Crippen molar-refractivity contribution in [3.05, 3.63) is 35.1 Å². The lowest BCUT2D eigenvalue weighted by atomic mass is 10.2. The highest BCUT2D eigenvalue weighted by Crippen LogP contribution is 2.25. The lowest BCUT2D eigenvalue weighted by Gasteiger charge is -1.98. The minimum Gasteiger partial charge on any atom is -0.261 e. The molecule has 0 unspecified atom stereocenters. The number of thiazole rings is 1. The summed E-state index contributed by atoms with van der Waals surface area (Å²) >= 11 is 1.77. The van der Waals surface area contributed by atoms with Gasteiger partial charge < -0.3 is 0 Å². The van der Waals surface area contributed by atoms with Crippen LogP contribution in [0.15, 0.2) is 24.5 Å². The molecule has 2 rings (SSSR count). The summed E-state index contributed by atoms with van der Waals surface area (Å²) in [4.78, 5) is 10.0. The Morgan fingerprint density at radius 1 is 1.20 bits per heavy atom. The molecule has 0 saturated carbocycles. The second-order valence-corrected chi connectivity index (χ2v) is 4.49. The van der Waals surface area contributed by atoms with Crippen molar-refractivity contribution in [3.63, 3.8) is 0 Å². The van der Waals surface area contributed by atoms with Crippen molar-refractivity contribution >= 4 is 11.3 Å². The monoisotopic (exact) mass is 218 g/mol. The highest BCUT2D eigenvalue weighted by molar-refractivity contribution is 7.15. The first-order valence-electron chi connectivity index (χ1n) is 5.23. The Balaban J connectivity index is 2.35. The summed E-state index contributed by atoms with van der Waals surface area (Å²) in [6.45, 7) is 4.27. The predicted octanol–water partition coefficient (Wildman–Crippen LogP) is 3.33. The van der Waals surface area contributed by atoms with Gasteiger partial charge in [0.25, 0.3) is 0 Å². The van der Waals surface area contributed by atoms with Crippen molar-refractivity contribution in [1.82, 2.24) is 9.97 Å². The van der Waals surface area contributed by atoms with Gasteiger partial charge in [-0.25, -0.2) is 4.98 Å². The quantitative estimate of drug-likeness (QED) is 0.789. The van der Waals surface area contributed by atoms with E-state index in [1.165, 1.54) is 10.4 Å². The molecule has 0 aliphatic rings. The third-order valence-electron chi connectivity index (χ3n) is 2.33. The molecule has 2 nitrogen and oxygen atoms in total. The van der Waals surface area contributed by atoms with Gasteiger partial charge in [-0.15, -0.1) is 11.3 Å². The van der Waals surface area contributed by atoms with Gasteiger partial charge in [0.05, 0.1) is 0 Å². The van der Waals surface area contributed by atoms with E-state index in [0.717, 1.165) is 23.5 Å². The molecule has 0 saturated heterocycles. The van der Waals surface area contributed by atoms with Crippen molar-refractivity contribution in [2.24, 2.45) is 0 Å². The molecule has 0 radical (unpaired) electrons. The summed E-state index contributed by atoms with van der Waals surface area (Å²) in [6.07, 6.45) is 5.86. The molecular formula is C12H14N2S. The topological polar surface area (TPSA) is 25.8 Å². The van der Waals surface area contributed by atoms with E-state index in [4.69, 9.17) is 0 Å². The summed E-state index contributed by atoms with van der Waals surface area (Å²) in [6, 6.07) is 4.15. The average Bonchev–Trinajstić information content (AvgIpc) is 2.78. The largest absolute Gasteiger partial charge is 0.261 e. The van der Waals surface area contributed by atoms with Gasteiger partial charge in [0.2, 0.25) is 0 Å². The first kappa shape index (κ1) is 10.3. The van der Waals surface area contributed by atoms with Crippen LogP contribution < -0.4 is 0 Å². The molecule has 0 spiro atoms. The second kappa shape index (κ2) is 4.53. The van der Waals surface area contributed by atoms with Gasteiger partial charge in [0, 0.05) is 28.5 Å². The standard InChI is InChI=1S/C12H14N2S/c1-3-10-7-9(5-6-13-10)12-14-8-11(4-2)15-12/h5-8H,3-4H2,1-2H3. The maximum Gasteiger partial charge on any atom is 0.123 e. The summed E-state index contributed by atoms with van der Waals surface area (Å²) in [7, 11) is 0. The molecule has 15 heavy (non-hydrogen) atoms. The van der Waals surface area contributed by atoms with Gasteiger partial charge in [-0.2, -0.15) is 0 Å². The Morgan fingerprint density at radius 2 is 2.07 bits per heavy atom. The zero-order valence-electron chi connectivity index (χ0n) is 9.03. The molecule has 2 aromatic rings. The normalized spacial score (nSPS) is 10.5. The third-order valence-corrected chi connectivity index (χ3v) is 3.52. The van der Waals surface area contributed by atoms with Gasteiger partial charge >= 0.3 is 0 Å². The summed E-state index contributed by atoms with van der Waals surface area (Å²) in [5, 5.41) is 1.10. The summed E-state index contributed by atoms with van der Waals surface area (Å²) in [5.74, 6) is 0. The number of nitrogens with zero attached hydrogens (tertiary/aromatic N) is 2. The van der Waals surface area contributed by atoms with Crippen LogP contribution in [0.25, 0.3) is 10.6 Å². The molecule has 0 atom stereocenters. The predicted molar refractivity (Wildman–Crippen MR) is 64.1 cm³/mol. The molecule has 3 heteroatoms. The number of aromatic nitrogens is 2. The lowest BCUT2D eigenvalue weighted by molar-refractivity contribution is 1.04. The summed E-state index contributed by atoms with van der Waals surface area (Å²) < 4.78 is 0. The van der Waals surface area contributed by atoms with E-state index in [2.05, 4.69) is 29.9 Å². The van der Waals surface area contributed by atoms with Crippen LogP contribution in [0.2, 0.25) is 0 Å². The highest BCUT2D eigenvalue weighted by Gasteiger charge is 2.04. The van der Waals surface area contributed by atoms with Gasteiger partial charge in [0.15, 0.2) is 0 Å². The highest BCUT2D eigenvalue weighted by atomic mass is 32.1. The van der Waals surface area contributed by atoms with Crippen molar-refractivity contribution in [2.45, 2.75) is 26.7 Å². The molecular weight excluding hydrogens is 204 g/mol. The maximum atomic E-state index is 4.42. The number of rotatable bonds is 3. The van der Waals surface area contributed by atoms with Gasteiger partial charge in [-0.3, -0.25) is 4.98 Å². The second-order valence-electron chi connectivity index (χ2n) is 3.37. The first-order chi connectivity index (χ1) is 7.33. The van der Waals surface area contributed by atoms with Crippen LogP contribution in [0, 0.1) is 0 Å². The van der Waals surface area contributed by atoms with Crippen LogP contribution in [-0.2, 0) is 12.8 Å².